The van der Waals surface area contributed by atoms with Gasteiger partial charge in [-0.25, -0.2) is 9.59 Å². The third kappa shape index (κ3) is 5.63. The van der Waals surface area contributed by atoms with Gasteiger partial charge in [0, 0.05) is 0 Å². The van der Waals surface area contributed by atoms with E-state index in [1.165, 1.54) is 4.90 Å². The Kier molecular flexibility index (Phi) is 7.31. The highest BCUT2D eigenvalue weighted by Gasteiger charge is 2.48. The average Bonchev–Trinajstić information content (AvgIpc) is 2.74. The lowest BCUT2D eigenvalue weighted by Crippen LogP contribution is -2.55. The van der Waals surface area contributed by atoms with Gasteiger partial charge in [-0.3, -0.25) is 9.29 Å². The number of unbranched alkanes of at least 4 members (excludes halogenated alkanes) is 1. The Bertz CT molecular complexity index is 866. The van der Waals surface area contributed by atoms with Crippen molar-refractivity contribution in [1.29, 1.82) is 0 Å². The maximum absolute atomic E-state index is 13.4. The number of carbonyl (C=O) groups is 2. The van der Waals surface area contributed by atoms with Crippen molar-refractivity contribution in [1.82, 2.24) is 4.90 Å². The summed E-state index contributed by atoms with van der Waals surface area (Å²) in [4.78, 5) is 28.0. The number of ether oxygens (including phenoxy) is 2. The van der Waals surface area contributed by atoms with Crippen molar-refractivity contribution in [3.8, 4) is 0 Å². The Morgan fingerprint density at radius 3 is 2.13 bits per heavy atom. The topological polar surface area (TPSA) is 55.8 Å². The van der Waals surface area contributed by atoms with Crippen LogP contribution >= 0.6 is 0 Å². The van der Waals surface area contributed by atoms with Crippen molar-refractivity contribution in [2.45, 2.75) is 63.8 Å². The van der Waals surface area contributed by atoms with Gasteiger partial charge < -0.3 is 9.47 Å². The maximum atomic E-state index is 13.4. The fourth-order valence-electron chi connectivity index (χ4n) is 3.84. The minimum absolute atomic E-state index is 0.312. The molecule has 5 nitrogen and oxygen atoms in total. The molecule has 0 bridgehead atoms. The van der Waals surface area contributed by atoms with Gasteiger partial charge in [0.1, 0.15) is 17.7 Å². The predicted molar refractivity (Wildman–Crippen MR) is 116 cm³/mol. The van der Waals surface area contributed by atoms with E-state index in [-0.39, 0.29) is 0 Å². The van der Waals surface area contributed by atoms with Gasteiger partial charge in [-0.15, -0.1) is 0 Å². The highest BCUT2D eigenvalue weighted by Crippen LogP contribution is 2.43. The van der Waals surface area contributed by atoms with Crippen LogP contribution in [0, 0.1) is 0 Å². The number of alkyl halides is 1. The number of amides is 1. The van der Waals surface area contributed by atoms with E-state index < -0.39 is 42.5 Å². The SMILES string of the molecule is CC(C)(C)OC(=O)N1[C@H](CCCCF)C(=O)O[C@@H](c2ccccc2)[C@H]1c1ccccc1. The first-order chi connectivity index (χ1) is 14.8. The van der Waals surface area contributed by atoms with E-state index in [9.17, 15) is 14.0 Å². The van der Waals surface area contributed by atoms with E-state index in [0.29, 0.717) is 19.3 Å². The summed E-state index contributed by atoms with van der Waals surface area (Å²) in [6.45, 7) is 4.90. The number of hydrogen-bond acceptors (Lipinski definition) is 4. The summed E-state index contributed by atoms with van der Waals surface area (Å²) >= 11 is 0. The van der Waals surface area contributed by atoms with Crippen LogP contribution in [0.5, 0.6) is 0 Å². The van der Waals surface area contributed by atoms with Gasteiger partial charge >= 0.3 is 12.1 Å². The van der Waals surface area contributed by atoms with Crippen LogP contribution in [-0.2, 0) is 14.3 Å². The van der Waals surface area contributed by atoms with Gasteiger partial charge in [0.25, 0.3) is 0 Å². The molecule has 1 aliphatic heterocycles. The lowest BCUT2D eigenvalue weighted by molar-refractivity contribution is -0.174. The summed E-state index contributed by atoms with van der Waals surface area (Å²) in [5.41, 5.74) is 0.900. The molecule has 0 aliphatic carbocycles. The van der Waals surface area contributed by atoms with Crippen LogP contribution < -0.4 is 0 Å². The molecule has 3 atom stereocenters. The molecule has 0 N–H and O–H groups in total. The van der Waals surface area contributed by atoms with Crippen LogP contribution in [0.1, 0.15) is 63.3 Å². The molecule has 3 rings (SSSR count). The third-order valence-corrected chi connectivity index (χ3v) is 5.17. The number of rotatable bonds is 6. The Hall–Kier alpha value is -2.89. The summed E-state index contributed by atoms with van der Waals surface area (Å²) in [6, 6.07) is 17.5. The molecule has 0 aromatic heterocycles. The van der Waals surface area contributed by atoms with Gasteiger partial charge in [-0.1, -0.05) is 60.7 Å². The summed E-state index contributed by atoms with van der Waals surface area (Å²) in [5, 5.41) is 0. The van der Waals surface area contributed by atoms with Gasteiger partial charge in [-0.2, -0.15) is 0 Å². The molecule has 1 heterocycles. The number of hydrogen-bond donors (Lipinski definition) is 0. The Morgan fingerprint density at radius 2 is 1.58 bits per heavy atom. The molecule has 0 radical (unpaired) electrons. The molecule has 1 fully saturated rings. The monoisotopic (exact) mass is 427 g/mol. The van der Waals surface area contributed by atoms with Gasteiger partial charge in [0.15, 0.2) is 6.10 Å². The van der Waals surface area contributed by atoms with Crippen LogP contribution in [0.4, 0.5) is 9.18 Å². The molecule has 1 saturated heterocycles. The molecule has 2 aromatic rings. The van der Waals surface area contributed by atoms with E-state index >= 15 is 0 Å². The summed E-state index contributed by atoms with van der Waals surface area (Å²) in [7, 11) is 0. The molecule has 31 heavy (non-hydrogen) atoms. The van der Waals surface area contributed by atoms with Gasteiger partial charge in [-0.05, 0) is 51.2 Å². The van der Waals surface area contributed by atoms with Crippen LogP contribution in [-0.4, -0.2) is 35.3 Å². The maximum Gasteiger partial charge on any atom is 0.411 e. The molecule has 1 amide bonds. The largest absolute Gasteiger partial charge is 0.453 e. The van der Waals surface area contributed by atoms with Crippen LogP contribution in [0.15, 0.2) is 60.7 Å². The van der Waals surface area contributed by atoms with Crippen molar-refractivity contribution in [3.63, 3.8) is 0 Å². The molecular formula is C25H30FNO4. The molecular weight excluding hydrogens is 397 g/mol. The second-order valence-electron chi connectivity index (χ2n) is 8.71. The number of benzene rings is 2. The summed E-state index contributed by atoms with van der Waals surface area (Å²) < 4.78 is 24.3. The van der Waals surface area contributed by atoms with Crippen molar-refractivity contribution < 1.29 is 23.5 Å². The minimum atomic E-state index is -0.841. The lowest BCUT2D eigenvalue weighted by atomic mass is 9.90. The smallest absolute Gasteiger partial charge is 0.411 e. The van der Waals surface area contributed by atoms with E-state index in [1.54, 1.807) is 20.8 Å². The number of nitrogens with zero attached hydrogens (tertiary/aromatic N) is 1. The Morgan fingerprint density at radius 1 is 1.00 bits per heavy atom. The van der Waals surface area contributed by atoms with Gasteiger partial charge in [0.2, 0.25) is 0 Å². The van der Waals surface area contributed by atoms with E-state index in [1.807, 2.05) is 60.7 Å². The van der Waals surface area contributed by atoms with Gasteiger partial charge in [0.05, 0.1) is 6.67 Å². The van der Waals surface area contributed by atoms with Crippen LogP contribution in [0.3, 0.4) is 0 Å². The molecule has 166 valence electrons. The molecule has 0 saturated carbocycles. The third-order valence-electron chi connectivity index (χ3n) is 5.17. The molecule has 0 spiro atoms. The van der Waals surface area contributed by atoms with Crippen molar-refractivity contribution in [3.05, 3.63) is 71.8 Å². The minimum Gasteiger partial charge on any atom is -0.453 e. The quantitative estimate of drug-likeness (QED) is 0.434. The number of carbonyl (C=O) groups excluding carboxylic acids is 2. The summed E-state index contributed by atoms with van der Waals surface area (Å²) in [6.07, 6.45) is -0.158. The highest BCUT2D eigenvalue weighted by molar-refractivity contribution is 5.83. The fraction of sp³-hybridized carbons (Fsp3) is 0.440. The molecule has 6 heteroatoms. The predicted octanol–water partition coefficient (Wildman–Crippen LogP) is 5.77. The first-order valence-corrected chi connectivity index (χ1v) is 10.7. The summed E-state index contributed by atoms with van der Waals surface area (Å²) in [5.74, 6) is -0.495. The standard InChI is InChI=1S/C25H30FNO4/c1-25(2,3)31-24(29)27-20(16-10-11-17-26)23(28)30-22(19-14-8-5-9-15-19)21(27)18-12-6-4-7-13-18/h4-9,12-15,20-22H,10-11,16-17H2,1-3H3/t20-,21-,22+/m1/s1. The lowest BCUT2D eigenvalue weighted by Gasteiger charge is -2.45. The number of halogens is 1. The van der Waals surface area contributed by atoms with Crippen LogP contribution in [0.25, 0.3) is 0 Å². The first-order valence-electron chi connectivity index (χ1n) is 10.7. The van der Waals surface area contributed by atoms with Crippen molar-refractivity contribution in [2.24, 2.45) is 0 Å². The number of cyclic esters (lactones) is 1. The zero-order valence-corrected chi connectivity index (χ0v) is 18.3. The average molecular weight is 428 g/mol. The normalized spacial score (nSPS) is 21.5. The highest BCUT2D eigenvalue weighted by atomic mass is 19.1. The number of esters is 1. The second kappa shape index (κ2) is 9.94. The van der Waals surface area contributed by atoms with E-state index in [2.05, 4.69) is 0 Å². The zero-order valence-electron chi connectivity index (χ0n) is 18.3. The van der Waals surface area contributed by atoms with E-state index in [4.69, 9.17) is 9.47 Å². The molecule has 0 unspecified atom stereocenters. The zero-order chi connectivity index (χ0) is 22.4. The van der Waals surface area contributed by atoms with Crippen molar-refractivity contribution in [2.75, 3.05) is 6.67 Å². The van der Waals surface area contributed by atoms with E-state index in [0.717, 1.165) is 11.1 Å². The second-order valence-corrected chi connectivity index (χ2v) is 8.71. The molecule has 2 aromatic carbocycles. The first kappa shape index (κ1) is 22.8. The van der Waals surface area contributed by atoms with Crippen molar-refractivity contribution >= 4 is 12.1 Å². The van der Waals surface area contributed by atoms with Crippen LogP contribution in [0.2, 0.25) is 0 Å². The Labute approximate surface area is 183 Å². The molecule has 1 aliphatic rings. The Balaban J connectivity index is 2.08. The number of morpholine rings is 1. The fourth-order valence-corrected chi connectivity index (χ4v) is 3.84.